The molecule has 4 atom stereocenters. The van der Waals surface area contributed by atoms with E-state index in [-0.39, 0.29) is 50.5 Å². The third kappa shape index (κ3) is 16.4. The van der Waals surface area contributed by atoms with Crippen molar-refractivity contribution in [3.63, 3.8) is 0 Å². The molecule has 0 spiro atoms. The Labute approximate surface area is 432 Å². The molecular weight excluding hydrogens is 981 g/mol. The minimum Gasteiger partial charge on any atom is -0.497 e. The lowest BCUT2D eigenvalue weighted by Gasteiger charge is -2.39. The highest BCUT2D eigenvalue weighted by molar-refractivity contribution is 7.44. The lowest BCUT2D eigenvalue weighted by molar-refractivity contribution is -0.173. The number of nitrogens with zero attached hydrogens (tertiary/aromatic N) is 6. The van der Waals surface area contributed by atoms with E-state index in [0.717, 1.165) is 16.7 Å². The van der Waals surface area contributed by atoms with Crippen LogP contribution >= 0.6 is 8.53 Å². The first-order chi connectivity index (χ1) is 35.4. The molecule has 2 heterocycles. The predicted octanol–water partition coefficient (Wildman–Crippen LogP) is 8.81. The number of ether oxygens (including phenoxy) is 4. The summed E-state index contributed by atoms with van der Waals surface area (Å²) in [6.45, 7) is 8.41. The van der Waals surface area contributed by atoms with E-state index in [1.54, 1.807) is 33.2 Å². The summed E-state index contributed by atoms with van der Waals surface area (Å²) in [5, 5.41) is 14.1. The second-order valence-corrected chi connectivity index (χ2v) is 19.5. The van der Waals surface area contributed by atoms with Gasteiger partial charge in [0.25, 0.3) is 8.53 Å². The zero-order valence-electron chi connectivity index (χ0n) is 43.2. The number of carbonyl (C=O) groups is 2. The second kappa shape index (κ2) is 28.5. The van der Waals surface area contributed by atoms with Crippen molar-refractivity contribution >= 4 is 38.6 Å². The second-order valence-electron chi connectivity index (χ2n) is 18.1. The maximum atomic E-state index is 14.1. The van der Waals surface area contributed by atoms with Gasteiger partial charge in [0.15, 0.2) is 5.82 Å². The smallest absolute Gasteiger partial charge is 0.471 e. The number of amides is 2. The molecule has 1 unspecified atom stereocenters. The predicted molar refractivity (Wildman–Crippen MR) is 277 cm³/mol. The summed E-state index contributed by atoms with van der Waals surface area (Å²) in [6.07, 6.45) is 0.708. The number of hydrogen-bond donors (Lipinski definition) is 2. The molecule has 5 rings (SSSR count). The molecule has 0 saturated carbocycles. The molecule has 21 heteroatoms. The summed E-state index contributed by atoms with van der Waals surface area (Å²) >= 11 is 0. The largest absolute Gasteiger partial charge is 0.497 e. The third-order valence-corrected chi connectivity index (χ3v) is 13.9. The van der Waals surface area contributed by atoms with Crippen LogP contribution in [0.5, 0.6) is 11.5 Å². The molecule has 400 valence electrons. The standard InChI is InChI=1S/C53H68F3N8O9P/c1-37(2)64(38(3)4)74(71-32-16-29-57)73-45-33-48(63-34-39(49(61-51(63)67)60-36-62(5)6)19-28-47(65)58-30-14-9-10-15-31-59-50(66)53(54,55)56)72-46(45)35-70-52(40-17-12-11-13-18-40,41-20-24-43(68-7)25-21-41)42-22-26-44(69-8)27-23-42/h11-13,17-28,34,36-38,45-46,48H,9-10,14-16,30-33,35H2,1-8H3,(H,58,65)(H,59,66)/b28-19+,60-36?/t45-,46+,48+,74?/m0/s1. The fraction of sp³-hybridized carbons (Fsp3) is 0.472. The third-order valence-electron chi connectivity index (χ3n) is 11.7. The average Bonchev–Trinajstić information content (AvgIpc) is 3.78. The number of alkyl halides is 3. The summed E-state index contributed by atoms with van der Waals surface area (Å²) in [7, 11) is 4.92. The molecule has 2 N–H and O–H groups in total. The van der Waals surface area contributed by atoms with Gasteiger partial charge in [0, 0.05) is 63.5 Å². The normalized spacial score (nSPS) is 16.5. The van der Waals surface area contributed by atoms with Crippen LogP contribution in [0.3, 0.4) is 0 Å². The van der Waals surface area contributed by atoms with Gasteiger partial charge in [0.05, 0.1) is 52.4 Å². The van der Waals surface area contributed by atoms with E-state index in [2.05, 4.69) is 26.0 Å². The van der Waals surface area contributed by atoms with Gasteiger partial charge < -0.3 is 43.5 Å². The number of halogens is 3. The van der Waals surface area contributed by atoms with Crippen molar-refractivity contribution in [2.45, 2.75) is 109 Å². The summed E-state index contributed by atoms with van der Waals surface area (Å²) < 4.78 is 79.5. The van der Waals surface area contributed by atoms with Gasteiger partial charge in [-0.3, -0.25) is 14.2 Å². The van der Waals surface area contributed by atoms with Gasteiger partial charge in [0.2, 0.25) is 5.91 Å². The number of aliphatic imine (C=N–C) groups is 1. The average molecular weight is 1050 g/mol. The van der Waals surface area contributed by atoms with E-state index in [4.69, 9.17) is 28.0 Å². The first-order valence-electron chi connectivity index (χ1n) is 24.5. The Balaban J connectivity index is 1.50. The molecule has 1 saturated heterocycles. The maximum absolute atomic E-state index is 14.1. The molecule has 0 aliphatic carbocycles. The van der Waals surface area contributed by atoms with Crippen molar-refractivity contribution in [1.82, 2.24) is 29.8 Å². The van der Waals surface area contributed by atoms with E-state index < -0.39 is 56.2 Å². The minimum atomic E-state index is -4.93. The monoisotopic (exact) mass is 1050 g/mol. The van der Waals surface area contributed by atoms with Gasteiger partial charge in [-0.1, -0.05) is 67.4 Å². The van der Waals surface area contributed by atoms with Gasteiger partial charge in [-0.25, -0.2) is 14.5 Å². The fourth-order valence-electron chi connectivity index (χ4n) is 8.24. The van der Waals surface area contributed by atoms with Crippen LogP contribution < -0.4 is 25.8 Å². The van der Waals surface area contributed by atoms with Crippen LogP contribution in [-0.2, 0) is 33.7 Å². The Kier molecular flexibility index (Phi) is 22.6. The Morgan fingerprint density at radius 3 is 2.03 bits per heavy atom. The first-order valence-corrected chi connectivity index (χ1v) is 25.6. The molecule has 0 radical (unpaired) electrons. The fourth-order valence-corrected chi connectivity index (χ4v) is 10.00. The van der Waals surface area contributed by atoms with Crippen LogP contribution in [0.4, 0.5) is 19.0 Å². The zero-order valence-corrected chi connectivity index (χ0v) is 44.1. The van der Waals surface area contributed by atoms with Crippen molar-refractivity contribution < 1.29 is 50.8 Å². The first kappa shape index (κ1) is 58.7. The van der Waals surface area contributed by atoms with Crippen molar-refractivity contribution in [2.75, 3.05) is 54.6 Å². The van der Waals surface area contributed by atoms with E-state index in [1.807, 2.05) is 112 Å². The highest BCUT2D eigenvalue weighted by atomic mass is 31.2. The summed E-state index contributed by atoms with van der Waals surface area (Å²) in [4.78, 5) is 48.7. The van der Waals surface area contributed by atoms with E-state index in [9.17, 15) is 32.8 Å². The van der Waals surface area contributed by atoms with Crippen molar-refractivity contribution in [2.24, 2.45) is 4.99 Å². The van der Waals surface area contributed by atoms with Gasteiger partial charge in [-0.15, -0.1) is 0 Å². The van der Waals surface area contributed by atoms with Crippen molar-refractivity contribution in [1.29, 1.82) is 5.26 Å². The quantitative estimate of drug-likeness (QED) is 0.0137. The summed E-state index contributed by atoms with van der Waals surface area (Å²) in [5.74, 6) is -1.04. The number of aromatic nitrogens is 2. The van der Waals surface area contributed by atoms with Crippen molar-refractivity contribution in [3.05, 3.63) is 124 Å². The number of methoxy groups -OCH3 is 2. The SMILES string of the molecule is COc1ccc(C(OC[C@H]2O[C@@H](n3cc(/C=C/C(=O)NCCCCCCNC(=O)C(F)(F)F)c(N=CN(C)C)nc3=O)C[C@@H]2OP(OCCC#N)N(C(C)C)C(C)C)(c2ccccc2)c2ccc(OC)cc2)cc1. The van der Waals surface area contributed by atoms with Gasteiger partial charge in [0.1, 0.15) is 29.4 Å². The molecule has 74 heavy (non-hydrogen) atoms. The lowest BCUT2D eigenvalue weighted by atomic mass is 9.80. The van der Waals surface area contributed by atoms with Crippen LogP contribution in [0.25, 0.3) is 6.08 Å². The summed E-state index contributed by atoms with van der Waals surface area (Å²) in [6, 6.07) is 27.2. The number of nitriles is 1. The molecule has 17 nitrogen and oxygen atoms in total. The number of nitrogens with one attached hydrogen (secondary N) is 2. The summed E-state index contributed by atoms with van der Waals surface area (Å²) in [5.41, 5.74) is 0.824. The molecule has 1 aliphatic rings. The van der Waals surface area contributed by atoms with Crippen LogP contribution in [-0.4, -0.2) is 122 Å². The van der Waals surface area contributed by atoms with E-state index >= 15 is 0 Å². The minimum absolute atomic E-state index is 0.0179. The van der Waals surface area contributed by atoms with Crippen LogP contribution in [0, 0.1) is 11.3 Å². The molecule has 1 aromatic heterocycles. The van der Waals surface area contributed by atoms with Crippen LogP contribution in [0.2, 0.25) is 0 Å². The molecule has 4 aromatic rings. The van der Waals surface area contributed by atoms with Crippen LogP contribution in [0.1, 0.15) is 94.7 Å². The van der Waals surface area contributed by atoms with Gasteiger partial charge in [-0.05, 0) is 87.6 Å². The Morgan fingerprint density at radius 2 is 1.49 bits per heavy atom. The maximum Gasteiger partial charge on any atom is 0.471 e. The molecule has 1 fully saturated rings. The number of rotatable bonds is 28. The van der Waals surface area contributed by atoms with E-state index in [1.165, 1.54) is 29.3 Å². The molecule has 3 aromatic carbocycles. The Morgan fingerprint density at radius 1 is 0.905 bits per heavy atom. The molecular formula is C53H68F3N8O9P. The van der Waals surface area contributed by atoms with Gasteiger partial charge >= 0.3 is 17.8 Å². The Bertz CT molecular complexity index is 2500. The topological polar surface area (TPSA) is 191 Å². The highest BCUT2D eigenvalue weighted by Gasteiger charge is 2.45. The number of unbranched alkanes of at least 4 members (excludes halogenated alkanes) is 3. The highest BCUT2D eigenvalue weighted by Crippen LogP contribution is 2.51. The number of benzene rings is 3. The number of carbonyl (C=O) groups excluding carboxylic acids is 2. The van der Waals surface area contributed by atoms with Crippen LogP contribution in [0.15, 0.2) is 101 Å². The molecule has 0 bridgehead atoms. The Hall–Kier alpha value is -6.20. The molecule has 2 amide bonds. The number of hydrogen-bond acceptors (Lipinski definition) is 13. The van der Waals surface area contributed by atoms with E-state index in [0.29, 0.717) is 49.3 Å². The molecule has 1 aliphatic heterocycles. The van der Waals surface area contributed by atoms with Gasteiger partial charge in [-0.2, -0.15) is 23.4 Å². The zero-order chi connectivity index (χ0) is 53.8. The van der Waals surface area contributed by atoms with Crippen molar-refractivity contribution in [3.8, 4) is 17.6 Å². The lowest BCUT2D eigenvalue weighted by Crippen LogP contribution is -2.39.